The van der Waals surface area contributed by atoms with Crippen LogP contribution in [0.5, 0.6) is 0 Å². The van der Waals surface area contributed by atoms with Crippen LogP contribution in [0, 0.1) is 17.2 Å². The van der Waals surface area contributed by atoms with Crippen molar-refractivity contribution in [3.63, 3.8) is 0 Å². The lowest BCUT2D eigenvalue weighted by atomic mass is 9.97. The van der Waals surface area contributed by atoms with E-state index in [1.165, 1.54) is 36.3 Å². The maximum absolute atomic E-state index is 14.6. The van der Waals surface area contributed by atoms with Gasteiger partial charge in [0.25, 0.3) is 11.8 Å². The van der Waals surface area contributed by atoms with Crippen molar-refractivity contribution in [2.24, 2.45) is 5.92 Å². The van der Waals surface area contributed by atoms with Crippen LogP contribution in [-0.2, 0) is 12.1 Å². The number of carbonyl (C=O) groups is 1. The van der Waals surface area contributed by atoms with Crippen molar-refractivity contribution >= 4 is 5.91 Å². The summed E-state index contributed by atoms with van der Waals surface area (Å²) in [6, 6.07) is 5.79. The summed E-state index contributed by atoms with van der Waals surface area (Å²) in [7, 11) is 0. The van der Waals surface area contributed by atoms with E-state index in [1.54, 1.807) is 0 Å². The second-order valence-corrected chi connectivity index (χ2v) is 7.94. The standard InChI is InChI=1S/C22H17F5N6O/c1-12(19-30-11-31-33(19)18-5-2-13(9-28)10-29-18)32-20(34)14-6-16(21(23,24)15-3-4-15)8-17(7-14)22(25,26)27/h2,5-8,10-12,15H,3-4H2,1H3,(H,32,34). The van der Waals surface area contributed by atoms with Crippen LogP contribution in [0.15, 0.2) is 42.9 Å². The first-order chi connectivity index (χ1) is 16.0. The Labute approximate surface area is 190 Å². The highest BCUT2D eigenvalue weighted by molar-refractivity contribution is 5.95. The number of amides is 1. The predicted octanol–water partition coefficient (Wildman–Crippen LogP) is 4.55. The zero-order valence-electron chi connectivity index (χ0n) is 17.6. The molecule has 12 heteroatoms. The van der Waals surface area contributed by atoms with Crippen LogP contribution in [0.1, 0.15) is 58.7 Å². The Balaban J connectivity index is 1.62. The molecule has 1 aromatic carbocycles. The number of hydrogen-bond donors (Lipinski definition) is 1. The third kappa shape index (κ3) is 4.59. The van der Waals surface area contributed by atoms with Crippen molar-refractivity contribution < 1.29 is 26.7 Å². The molecule has 176 valence electrons. The second kappa shape index (κ2) is 8.48. The molecule has 7 nitrogen and oxygen atoms in total. The van der Waals surface area contributed by atoms with Gasteiger partial charge in [-0.25, -0.2) is 18.7 Å². The quantitative estimate of drug-likeness (QED) is 0.527. The number of nitrogens with zero attached hydrogens (tertiary/aromatic N) is 5. The van der Waals surface area contributed by atoms with Gasteiger partial charge in [-0.2, -0.15) is 28.2 Å². The normalized spacial score (nSPS) is 15.0. The molecule has 1 atom stereocenters. The number of aromatic nitrogens is 4. The number of carbonyl (C=O) groups excluding carboxylic acids is 1. The van der Waals surface area contributed by atoms with Gasteiger partial charge in [0.1, 0.15) is 12.4 Å². The minimum atomic E-state index is -4.91. The van der Waals surface area contributed by atoms with E-state index in [-0.39, 0.29) is 24.5 Å². The van der Waals surface area contributed by atoms with Crippen molar-refractivity contribution in [1.29, 1.82) is 5.26 Å². The molecule has 1 aliphatic carbocycles. The Morgan fingerprint density at radius 3 is 2.44 bits per heavy atom. The van der Waals surface area contributed by atoms with E-state index in [9.17, 15) is 26.7 Å². The van der Waals surface area contributed by atoms with E-state index < -0.39 is 46.7 Å². The zero-order chi connectivity index (χ0) is 24.7. The summed E-state index contributed by atoms with van der Waals surface area (Å²) in [6.45, 7) is 1.51. The van der Waals surface area contributed by atoms with Gasteiger partial charge in [0.05, 0.1) is 17.2 Å². The molecule has 2 aromatic heterocycles. The molecule has 0 bridgehead atoms. The average Bonchev–Trinajstić information content (AvgIpc) is 3.56. The maximum atomic E-state index is 14.6. The molecule has 3 aromatic rings. The number of halogens is 5. The van der Waals surface area contributed by atoms with Crippen molar-refractivity contribution in [2.75, 3.05) is 0 Å². The van der Waals surface area contributed by atoms with E-state index in [2.05, 4.69) is 20.4 Å². The number of benzene rings is 1. The van der Waals surface area contributed by atoms with Crippen LogP contribution < -0.4 is 5.32 Å². The van der Waals surface area contributed by atoms with Crippen LogP contribution in [0.25, 0.3) is 5.82 Å². The lowest BCUT2D eigenvalue weighted by molar-refractivity contribution is -0.137. The number of pyridine rings is 1. The largest absolute Gasteiger partial charge is 0.416 e. The molecule has 4 rings (SSSR count). The van der Waals surface area contributed by atoms with Crippen LogP contribution in [0.3, 0.4) is 0 Å². The van der Waals surface area contributed by atoms with Crippen molar-refractivity contribution in [3.05, 3.63) is 70.9 Å². The van der Waals surface area contributed by atoms with Gasteiger partial charge in [0, 0.05) is 23.2 Å². The summed E-state index contributed by atoms with van der Waals surface area (Å²) >= 11 is 0. The lowest BCUT2D eigenvalue weighted by Crippen LogP contribution is -2.29. The minimum absolute atomic E-state index is 0.195. The fraction of sp³-hybridized carbons (Fsp3) is 0.318. The Bertz CT molecular complexity index is 1260. The predicted molar refractivity (Wildman–Crippen MR) is 108 cm³/mol. The fourth-order valence-electron chi connectivity index (χ4n) is 3.44. The van der Waals surface area contributed by atoms with Gasteiger partial charge in [-0.1, -0.05) is 0 Å². The fourth-order valence-corrected chi connectivity index (χ4v) is 3.44. The number of rotatable bonds is 6. The first-order valence-electron chi connectivity index (χ1n) is 10.2. The van der Waals surface area contributed by atoms with Crippen LogP contribution in [-0.4, -0.2) is 25.7 Å². The van der Waals surface area contributed by atoms with Gasteiger partial charge in [0.2, 0.25) is 0 Å². The number of alkyl halides is 5. The van der Waals surface area contributed by atoms with Crippen LogP contribution in [0.4, 0.5) is 22.0 Å². The third-order valence-corrected chi connectivity index (χ3v) is 5.40. The van der Waals surface area contributed by atoms with Crippen molar-refractivity contribution in [3.8, 4) is 11.9 Å². The summed E-state index contributed by atoms with van der Waals surface area (Å²) in [6.07, 6.45) is -1.98. The second-order valence-electron chi connectivity index (χ2n) is 7.94. The van der Waals surface area contributed by atoms with Crippen LogP contribution in [0.2, 0.25) is 0 Å². The Morgan fingerprint density at radius 1 is 1.15 bits per heavy atom. The third-order valence-electron chi connectivity index (χ3n) is 5.40. The van der Waals surface area contributed by atoms with Crippen molar-refractivity contribution in [2.45, 2.75) is 37.9 Å². The molecule has 34 heavy (non-hydrogen) atoms. The minimum Gasteiger partial charge on any atom is -0.342 e. The summed E-state index contributed by atoms with van der Waals surface area (Å²) in [5, 5.41) is 15.4. The molecule has 1 saturated carbocycles. The van der Waals surface area contributed by atoms with Crippen LogP contribution >= 0.6 is 0 Å². The molecule has 0 radical (unpaired) electrons. The molecule has 0 aliphatic heterocycles. The summed E-state index contributed by atoms with van der Waals surface area (Å²) in [4.78, 5) is 20.9. The van der Waals surface area contributed by atoms with Gasteiger partial charge in [-0.15, -0.1) is 0 Å². The van der Waals surface area contributed by atoms with Gasteiger partial charge < -0.3 is 5.32 Å². The van der Waals surface area contributed by atoms with E-state index in [0.29, 0.717) is 17.7 Å². The van der Waals surface area contributed by atoms with Gasteiger partial charge >= 0.3 is 6.18 Å². The van der Waals surface area contributed by atoms with Gasteiger partial charge in [0.15, 0.2) is 11.6 Å². The first kappa shape index (κ1) is 23.3. The molecule has 1 amide bonds. The molecule has 0 spiro atoms. The molecule has 2 heterocycles. The highest BCUT2D eigenvalue weighted by Gasteiger charge is 2.49. The first-order valence-corrected chi connectivity index (χ1v) is 10.2. The molecular formula is C22H17F5N6O. The molecule has 1 unspecified atom stereocenters. The monoisotopic (exact) mass is 476 g/mol. The Kier molecular flexibility index (Phi) is 5.80. The number of nitriles is 1. The summed E-state index contributed by atoms with van der Waals surface area (Å²) in [5.41, 5.74) is -2.39. The van der Waals surface area contributed by atoms with Gasteiger partial charge in [-0.3, -0.25) is 4.79 Å². The zero-order valence-corrected chi connectivity index (χ0v) is 17.6. The van der Waals surface area contributed by atoms with E-state index in [4.69, 9.17) is 5.26 Å². The van der Waals surface area contributed by atoms with E-state index in [0.717, 1.165) is 6.07 Å². The molecule has 0 saturated heterocycles. The maximum Gasteiger partial charge on any atom is 0.416 e. The smallest absolute Gasteiger partial charge is 0.342 e. The number of nitrogens with one attached hydrogen (secondary N) is 1. The SMILES string of the molecule is CC(NC(=O)c1cc(C(F)(F)F)cc(C(F)(F)C2CC2)c1)c1ncnn1-c1ccc(C#N)cn1. The summed E-state index contributed by atoms with van der Waals surface area (Å²) < 4.78 is 70.6. The topological polar surface area (TPSA) is 96.5 Å². The molecular weight excluding hydrogens is 459 g/mol. The number of hydrogen-bond acceptors (Lipinski definition) is 5. The van der Waals surface area contributed by atoms with E-state index in [1.807, 2.05) is 6.07 Å². The highest BCUT2D eigenvalue weighted by atomic mass is 19.4. The molecule has 1 N–H and O–H groups in total. The average molecular weight is 476 g/mol. The summed E-state index contributed by atoms with van der Waals surface area (Å²) in [5.74, 6) is -5.00. The van der Waals surface area contributed by atoms with Crippen molar-refractivity contribution in [1.82, 2.24) is 25.1 Å². The highest BCUT2D eigenvalue weighted by Crippen LogP contribution is 2.50. The Hall–Kier alpha value is -3.88. The molecule has 1 fully saturated rings. The molecule has 1 aliphatic rings. The Morgan fingerprint density at radius 2 is 1.85 bits per heavy atom. The van der Waals surface area contributed by atoms with E-state index >= 15 is 0 Å². The lowest BCUT2D eigenvalue weighted by Gasteiger charge is -2.20. The van der Waals surface area contributed by atoms with Gasteiger partial charge in [-0.05, 0) is 50.1 Å².